The van der Waals surface area contributed by atoms with Crippen LogP contribution in [0, 0.1) is 0 Å². The van der Waals surface area contributed by atoms with Crippen LogP contribution in [0.1, 0.15) is 44.1 Å². The maximum atomic E-state index is 12.6. The van der Waals surface area contributed by atoms with Crippen LogP contribution < -0.4 is 10.1 Å². The van der Waals surface area contributed by atoms with Crippen molar-refractivity contribution in [2.45, 2.75) is 50.0 Å². The van der Waals surface area contributed by atoms with E-state index in [4.69, 9.17) is 4.74 Å². The molecule has 1 aliphatic heterocycles. The van der Waals surface area contributed by atoms with Crippen molar-refractivity contribution >= 4 is 6.03 Å². The maximum Gasteiger partial charge on any atom is 0.317 e. The number of likely N-dealkylation sites (tertiary alicyclic amines) is 1. The Kier molecular flexibility index (Phi) is 5.29. The first kappa shape index (κ1) is 17.1. The van der Waals surface area contributed by atoms with Gasteiger partial charge < -0.3 is 20.1 Å². The SMILES string of the molecule is COc1ccc(C2(CNC(=O)N3CCCC[C@H]3CCO)CC2)cc1. The van der Waals surface area contributed by atoms with Gasteiger partial charge >= 0.3 is 6.03 Å². The number of rotatable bonds is 6. The molecule has 2 N–H and O–H groups in total. The molecule has 1 aliphatic carbocycles. The molecule has 5 heteroatoms. The van der Waals surface area contributed by atoms with Crippen LogP contribution in [0.15, 0.2) is 24.3 Å². The number of urea groups is 1. The number of nitrogens with zero attached hydrogens (tertiary/aromatic N) is 1. The number of aliphatic hydroxyl groups excluding tert-OH is 1. The second-order valence-corrected chi connectivity index (χ2v) is 7.02. The lowest BCUT2D eigenvalue weighted by Crippen LogP contribution is -2.50. The molecule has 2 amide bonds. The maximum absolute atomic E-state index is 12.6. The van der Waals surface area contributed by atoms with Crippen LogP contribution in [0.3, 0.4) is 0 Å². The molecule has 2 aliphatic rings. The van der Waals surface area contributed by atoms with Crippen LogP contribution in [0.5, 0.6) is 5.75 Å². The number of benzene rings is 1. The van der Waals surface area contributed by atoms with Gasteiger partial charge in [-0.05, 0) is 56.2 Å². The van der Waals surface area contributed by atoms with Crippen molar-refractivity contribution in [3.63, 3.8) is 0 Å². The highest BCUT2D eigenvalue weighted by Crippen LogP contribution is 2.47. The van der Waals surface area contributed by atoms with Gasteiger partial charge in [0.2, 0.25) is 0 Å². The van der Waals surface area contributed by atoms with Crippen LogP contribution in [0.25, 0.3) is 0 Å². The summed E-state index contributed by atoms with van der Waals surface area (Å²) < 4.78 is 5.22. The first-order valence-corrected chi connectivity index (χ1v) is 8.98. The average Bonchev–Trinajstić information content (AvgIpc) is 3.42. The van der Waals surface area contributed by atoms with E-state index < -0.39 is 0 Å². The Labute approximate surface area is 144 Å². The van der Waals surface area contributed by atoms with E-state index in [1.807, 2.05) is 17.0 Å². The van der Waals surface area contributed by atoms with Gasteiger partial charge in [0, 0.05) is 31.2 Å². The van der Waals surface area contributed by atoms with Gasteiger partial charge in [-0.25, -0.2) is 4.79 Å². The Hall–Kier alpha value is -1.75. The van der Waals surface area contributed by atoms with Gasteiger partial charge in [-0.2, -0.15) is 0 Å². The van der Waals surface area contributed by atoms with E-state index in [1.165, 1.54) is 5.56 Å². The Morgan fingerprint density at radius 3 is 2.71 bits per heavy atom. The minimum absolute atomic E-state index is 0.0212. The Morgan fingerprint density at radius 1 is 1.33 bits per heavy atom. The molecular formula is C19H28N2O3. The highest BCUT2D eigenvalue weighted by molar-refractivity contribution is 5.75. The number of hydrogen-bond acceptors (Lipinski definition) is 3. The molecule has 2 fully saturated rings. The lowest BCUT2D eigenvalue weighted by Gasteiger charge is -2.36. The zero-order chi connectivity index (χ0) is 17.0. The number of piperidine rings is 1. The van der Waals surface area contributed by atoms with E-state index in [0.29, 0.717) is 13.0 Å². The molecule has 5 nitrogen and oxygen atoms in total. The summed E-state index contributed by atoms with van der Waals surface area (Å²) in [7, 11) is 1.67. The summed E-state index contributed by atoms with van der Waals surface area (Å²) in [5.41, 5.74) is 1.36. The number of carbonyl (C=O) groups excluding carboxylic acids is 1. The van der Waals surface area contributed by atoms with Crippen molar-refractivity contribution in [2.75, 3.05) is 26.8 Å². The molecule has 1 aromatic rings. The number of hydrogen-bond donors (Lipinski definition) is 2. The molecule has 1 atom stereocenters. The summed E-state index contributed by atoms with van der Waals surface area (Å²) in [5, 5.41) is 12.4. The zero-order valence-corrected chi connectivity index (χ0v) is 14.5. The van der Waals surface area contributed by atoms with Crippen LogP contribution in [-0.2, 0) is 5.41 Å². The molecule has 3 rings (SSSR count). The second kappa shape index (κ2) is 7.43. The summed E-state index contributed by atoms with van der Waals surface area (Å²) in [6.45, 7) is 1.62. The molecular weight excluding hydrogens is 304 g/mol. The van der Waals surface area contributed by atoms with Crippen molar-refractivity contribution < 1.29 is 14.6 Å². The Bertz CT molecular complexity index is 552. The number of methoxy groups -OCH3 is 1. The van der Waals surface area contributed by atoms with Gasteiger partial charge in [0.05, 0.1) is 7.11 Å². The molecule has 1 saturated heterocycles. The van der Waals surface area contributed by atoms with Gasteiger partial charge in [0.15, 0.2) is 0 Å². The number of ether oxygens (including phenoxy) is 1. The molecule has 0 bridgehead atoms. The molecule has 1 saturated carbocycles. The summed E-state index contributed by atoms with van der Waals surface area (Å²) in [6, 6.07) is 8.38. The van der Waals surface area contributed by atoms with Crippen molar-refractivity contribution in [3.05, 3.63) is 29.8 Å². The quantitative estimate of drug-likeness (QED) is 0.842. The number of aliphatic hydroxyl groups is 1. The number of carbonyl (C=O) groups is 1. The van der Waals surface area contributed by atoms with E-state index in [1.54, 1.807) is 7.11 Å². The summed E-state index contributed by atoms with van der Waals surface area (Å²) >= 11 is 0. The Balaban J connectivity index is 1.58. The van der Waals surface area contributed by atoms with Crippen molar-refractivity contribution in [1.82, 2.24) is 10.2 Å². The van der Waals surface area contributed by atoms with E-state index in [9.17, 15) is 9.90 Å². The number of nitrogens with one attached hydrogen (secondary N) is 1. The highest BCUT2D eigenvalue weighted by Gasteiger charge is 2.44. The third-order valence-electron chi connectivity index (χ3n) is 5.48. The zero-order valence-electron chi connectivity index (χ0n) is 14.5. The fourth-order valence-corrected chi connectivity index (χ4v) is 3.73. The van der Waals surface area contributed by atoms with Crippen LogP contribution in [0.2, 0.25) is 0 Å². The largest absolute Gasteiger partial charge is 0.497 e. The van der Waals surface area contributed by atoms with E-state index in [0.717, 1.165) is 44.4 Å². The topological polar surface area (TPSA) is 61.8 Å². The van der Waals surface area contributed by atoms with Crippen LogP contribution >= 0.6 is 0 Å². The molecule has 0 spiro atoms. The molecule has 0 aromatic heterocycles. The van der Waals surface area contributed by atoms with Gasteiger partial charge in [-0.3, -0.25) is 0 Å². The van der Waals surface area contributed by atoms with Crippen molar-refractivity contribution in [1.29, 1.82) is 0 Å². The van der Waals surface area contributed by atoms with E-state index in [2.05, 4.69) is 17.4 Å². The van der Waals surface area contributed by atoms with Crippen LogP contribution in [-0.4, -0.2) is 48.9 Å². The van der Waals surface area contributed by atoms with Crippen LogP contribution in [0.4, 0.5) is 4.79 Å². The van der Waals surface area contributed by atoms with E-state index in [-0.39, 0.29) is 24.1 Å². The van der Waals surface area contributed by atoms with Gasteiger partial charge in [0.25, 0.3) is 0 Å². The molecule has 0 unspecified atom stereocenters. The highest BCUT2D eigenvalue weighted by atomic mass is 16.5. The molecule has 0 radical (unpaired) electrons. The fourth-order valence-electron chi connectivity index (χ4n) is 3.73. The van der Waals surface area contributed by atoms with Crippen molar-refractivity contribution in [2.24, 2.45) is 0 Å². The van der Waals surface area contributed by atoms with E-state index >= 15 is 0 Å². The second-order valence-electron chi connectivity index (χ2n) is 7.02. The molecule has 132 valence electrons. The van der Waals surface area contributed by atoms with Gasteiger partial charge in [0.1, 0.15) is 5.75 Å². The molecule has 1 heterocycles. The third kappa shape index (κ3) is 3.66. The Morgan fingerprint density at radius 2 is 2.08 bits per heavy atom. The summed E-state index contributed by atoms with van der Waals surface area (Å²) in [5.74, 6) is 0.860. The standard InChI is InChI=1S/C19H28N2O3/c1-24-17-7-5-15(6-8-17)19(10-11-19)14-20-18(23)21-12-3-2-4-16(21)9-13-22/h5-8,16,22H,2-4,9-14H2,1H3,(H,20,23)/t16-/m0/s1. The monoisotopic (exact) mass is 332 g/mol. The number of amides is 2. The lowest BCUT2D eigenvalue weighted by atomic mass is 9.95. The minimum Gasteiger partial charge on any atom is -0.497 e. The van der Waals surface area contributed by atoms with Gasteiger partial charge in [-0.15, -0.1) is 0 Å². The predicted molar refractivity (Wildman–Crippen MR) is 93.4 cm³/mol. The average molecular weight is 332 g/mol. The van der Waals surface area contributed by atoms with Gasteiger partial charge in [-0.1, -0.05) is 12.1 Å². The smallest absolute Gasteiger partial charge is 0.317 e. The lowest BCUT2D eigenvalue weighted by molar-refractivity contribution is 0.131. The predicted octanol–water partition coefficient (Wildman–Crippen LogP) is 2.67. The first-order chi connectivity index (χ1) is 11.7. The summed E-state index contributed by atoms with van der Waals surface area (Å²) in [6.07, 6.45) is 6.09. The third-order valence-corrected chi connectivity index (χ3v) is 5.48. The normalized spacial score (nSPS) is 22.1. The molecule has 1 aromatic carbocycles. The minimum atomic E-state index is 0.0212. The first-order valence-electron chi connectivity index (χ1n) is 8.98. The van der Waals surface area contributed by atoms with Crippen molar-refractivity contribution in [3.8, 4) is 5.75 Å². The summed E-state index contributed by atoms with van der Waals surface area (Å²) in [4.78, 5) is 14.5. The molecule has 24 heavy (non-hydrogen) atoms. The fraction of sp³-hybridized carbons (Fsp3) is 0.632.